The van der Waals surface area contributed by atoms with E-state index >= 15 is 0 Å². The van der Waals surface area contributed by atoms with Gasteiger partial charge in [-0.05, 0) is 31.7 Å². The van der Waals surface area contributed by atoms with Gasteiger partial charge in [0, 0.05) is 24.3 Å². The number of hydrogen-bond acceptors (Lipinski definition) is 4. The van der Waals surface area contributed by atoms with E-state index in [1.807, 2.05) is 4.90 Å². The van der Waals surface area contributed by atoms with Crippen molar-refractivity contribution in [2.45, 2.75) is 32.7 Å². The van der Waals surface area contributed by atoms with Crippen LogP contribution in [0.15, 0.2) is 12.1 Å². The lowest BCUT2D eigenvalue weighted by atomic mass is 9.94. The lowest BCUT2D eigenvalue weighted by molar-refractivity contribution is 0.0575. The van der Waals surface area contributed by atoms with E-state index in [9.17, 15) is 4.79 Å². The van der Waals surface area contributed by atoms with Gasteiger partial charge in [0.15, 0.2) is 11.5 Å². The van der Waals surface area contributed by atoms with Crippen molar-refractivity contribution in [1.82, 2.24) is 4.90 Å². The quantitative estimate of drug-likeness (QED) is 0.799. The zero-order valence-electron chi connectivity index (χ0n) is 11.9. The van der Waals surface area contributed by atoms with Crippen molar-refractivity contribution >= 4 is 11.6 Å². The standard InChI is InChI=1S/C15H20N2O3/c1-9-3-4-10(2)17(7-9)15(18)11-5-13-14(6-12(11)16)20-8-19-13/h5-6,9-10H,3-4,7-8,16H2,1-2H3. The number of piperidine rings is 1. The number of benzene rings is 1. The summed E-state index contributed by atoms with van der Waals surface area (Å²) in [6.45, 7) is 5.24. The molecule has 20 heavy (non-hydrogen) atoms. The number of likely N-dealkylation sites (tertiary alicyclic amines) is 1. The van der Waals surface area contributed by atoms with E-state index in [0.29, 0.717) is 28.7 Å². The number of rotatable bonds is 1. The smallest absolute Gasteiger partial charge is 0.256 e. The molecule has 0 aromatic heterocycles. The number of nitrogens with two attached hydrogens (primary N) is 1. The average Bonchev–Trinajstić information content (AvgIpc) is 2.87. The monoisotopic (exact) mass is 276 g/mol. The molecular formula is C15H20N2O3. The molecule has 1 aromatic rings. The second kappa shape index (κ2) is 4.89. The predicted molar refractivity (Wildman–Crippen MR) is 75.9 cm³/mol. The Morgan fingerprint density at radius 2 is 1.95 bits per heavy atom. The summed E-state index contributed by atoms with van der Waals surface area (Å²) >= 11 is 0. The summed E-state index contributed by atoms with van der Waals surface area (Å²) in [5.74, 6) is 1.73. The first-order valence-electron chi connectivity index (χ1n) is 7.06. The molecule has 2 heterocycles. The Hall–Kier alpha value is -1.91. The molecule has 0 aliphatic carbocycles. The normalized spacial score (nSPS) is 24.8. The van der Waals surface area contributed by atoms with Crippen molar-refractivity contribution < 1.29 is 14.3 Å². The lowest BCUT2D eigenvalue weighted by Gasteiger charge is -2.37. The number of nitrogen functional groups attached to an aromatic ring is 1. The van der Waals surface area contributed by atoms with E-state index in [2.05, 4.69) is 13.8 Å². The summed E-state index contributed by atoms with van der Waals surface area (Å²) in [4.78, 5) is 14.6. The van der Waals surface area contributed by atoms with Crippen LogP contribution in [0.1, 0.15) is 37.0 Å². The van der Waals surface area contributed by atoms with Crippen LogP contribution in [0, 0.1) is 5.92 Å². The minimum absolute atomic E-state index is 0.0140. The number of nitrogens with zero attached hydrogens (tertiary/aromatic N) is 1. The first-order valence-corrected chi connectivity index (χ1v) is 7.06. The molecule has 2 atom stereocenters. The number of hydrogen-bond donors (Lipinski definition) is 1. The molecule has 1 amide bonds. The van der Waals surface area contributed by atoms with E-state index < -0.39 is 0 Å². The minimum Gasteiger partial charge on any atom is -0.454 e. The van der Waals surface area contributed by atoms with Gasteiger partial charge in [-0.15, -0.1) is 0 Å². The van der Waals surface area contributed by atoms with Crippen molar-refractivity contribution in [2.75, 3.05) is 19.1 Å². The molecule has 2 N–H and O–H groups in total. The lowest BCUT2D eigenvalue weighted by Crippen LogP contribution is -2.45. The van der Waals surface area contributed by atoms with E-state index in [0.717, 1.165) is 13.0 Å². The number of ether oxygens (including phenoxy) is 2. The van der Waals surface area contributed by atoms with Gasteiger partial charge >= 0.3 is 0 Å². The van der Waals surface area contributed by atoms with Gasteiger partial charge in [0.1, 0.15) is 0 Å². The Bertz CT molecular complexity index is 544. The highest BCUT2D eigenvalue weighted by molar-refractivity contribution is 6.00. The van der Waals surface area contributed by atoms with Gasteiger partial charge < -0.3 is 20.1 Å². The molecule has 0 spiro atoms. The van der Waals surface area contributed by atoms with Gasteiger partial charge in [-0.1, -0.05) is 6.92 Å². The summed E-state index contributed by atoms with van der Waals surface area (Å²) in [5, 5.41) is 0. The fraction of sp³-hybridized carbons (Fsp3) is 0.533. The van der Waals surface area contributed by atoms with Crippen LogP contribution in [-0.2, 0) is 0 Å². The number of fused-ring (bicyclic) bond motifs is 1. The van der Waals surface area contributed by atoms with Gasteiger partial charge in [-0.2, -0.15) is 0 Å². The minimum atomic E-state index is -0.0140. The number of anilines is 1. The van der Waals surface area contributed by atoms with Crippen LogP contribution in [0.2, 0.25) is 0 Å². The van der Waals surface area contributed by atoms with Gasteiger partial charge in [0.05, 0.1) is 5.56 Å². The molecule has 0 radical (unpaired) electrons. The fourth-order valence-electron chi connectivity index (χ4n) is 2.87. The highest BCUT2D eigenvalue weighted by Crippen LogP contribution is 2.37. The van der Waals surface area contributed by atoms with Crippen molar-refractivity contribution in [3.8, 4) is 11.5 Å². The fourth-order valence-corrected chi connectivity index (χ4v) is 2.87. The molecule has 2 aliphatic heterocycles. The second-order valence-corrected chi connectivity index (χ2v) is 5.78. The maximum atomic E-state index is 12.7. The summed E-state index contributed by atoms with van der Waals surface area (Å²) in [7, 11) is 0. The molecule has 5 heteroatoms. The summed E-state index contributed by atoms with van der Waals surface area (Å²) in [5.41, 5.74) is 6.96. The SMILES string of the molecule is CC1CCC(C)N(C(=O)c2cc3c(cc2N)OCO3)C1. The molecule has 0 bridgehead atoms. The van der Waals surface area contributed by atoms with Crippen molar-refractivity contribution in [2.24, 2.45) is 5.92 Å². The van der Waals surface area contributed by atoms with Crippen LogP contribution in [0.3, 0.4) is 0 Å². The van der Waals surface area contributed by atoms with Gasteiger partial charge in [0.2, 0.25) is 6.79 Å². The largest absolute Gasteiger partial charge is 0.454 e. The summed E-state index contributed by atoms with van der Waals surface area (Å²) in [6, 6.07) is 3.63. The van der Waals surface area contributed by atoms with Crippen LogP contribution in [0.25, 0.3) is 0 Å². The first-order chi connectivity index (χ1) is 9.56. The molecule has 108 valence electrons. The van der Waals surface area contributed by atoms with Crippen LogP contribution in [-0.4, -0.2) is 30.2 Å². The van der Waals surface area contributed by atoms with Crippen molar-refractivity contribution in [3.05, 3.63) is 17.7 Å². The van der Waals surface area contributed by atoms with Crippen LogP contribution in [0.5, 0.6) is 11.5 Å². The molecule has 1 saturated heterocycles. The molecule has 1 aromatic carbocycles. The Morgan fingerprint density at radius 1 is 1.25 bits per heavy atom. The Morgan fingerprint density at radius 3 is 2.70 bits per heavy atom. The molecule has 2 unspecified atom stereocenters. The van der Waals surface area contributed by atoms with E-state index in [4.69, 9.17) is 15.2 Å². The topological polar surface area (TPSA) is 64.8 Å². The van der Waals surface area contributed by atoms with Crippen LogP contribution >= 0.6 is 0 Å². The number of carbonyl (C=O) groups is 1. The third kappa shape index (κ3) is 2.17. The van der Waals surface area contributed by atoms with E-state index in [1.54, 1.807) is 12.1 Å². The van der Waals surface area contributed by atoms with Crippen LogP contribution in [0.4, 0.5) is 5.69 Å². The van der Waals surface area contributed by atoms with Crippen molar-refractivity contribution in [1.29, 1.82) is 0 Å². The Labute approximate surface area is 118 Å². The highest BCUT2D eigenvalue weighted by Gasteiger charge is 2.30. The molecule has 3 rings (SSSR count). The molecule has 0 saturated carbocycles. The Kier molecular flexibility index (Phi) is 3.20. The summed E-state index contributed by atoms with van der Waals surface area (Å²) < 4.78 is 10.6. The Balaban J connectivity index is 1.90. The highest BCUT2D eigenvalue weighted by atomic mass is 16.7. The first kappa shape index (κ1) is 13.1. The molecule has 5 nitrogen and oxygen atoms in total. The van der Waals surface area contributed by atoms with Crippen LogP contribution < -0.4 is 15.2 Å². The maximum Gasteiger partial charge on any atom is 0.256 e. The number of amides is 1. The molecule has 2 aliphatic rings. The predicted octanol–water partition coefficient (Wildman–Crippen LogP) is 2.26. The number of carbonyl (C=O) groups excluding carboxylic acids is 1. The van der Waals surface area contributed by atoms with Gasteiger partial charge in [0.25, 0.3) is 5.91 Å². The average molecular weight is 276 g/mol. The molecule has 1 fully saturated rings. The van der Waals surface area contributed by atoms with E-state index in [-0.39, 0.29) is 18.7 Å². The third-order valence-corrected chi connectivity index (χ3v) is 4.15. The van der Waals surface area contributed by atoms with E-state index in [1.165, 1.54) is 6.42 Å². The van der Waals surface area contributed by atoms with Crippen molar-refractivity contribution in [3.63, 3.8) is 0 Å². The third-order valence-electron chi connectivity index (χ3n) is 4.15. The summed E-state index contributed by atoms with van der Waals surface area (Å²) in [6.07, 6.45) is 2.21. The maximum absolute atomic E-state index is 12.7. The molecular weight excluding hydrogens is 256 g/mol. The zero-order chi connectivity index (χ0) is 14.3. The van der Waals surface area contributed by atoms with Gasteiger partial charge in [-0.25, -0.2) is 0 Å². The van der Waals surface area contributed by atoms with Gasteiger partial charge in [-0.3, -0.25) is 4.79 Å². The second-order valence-electron chi connectivity index (χ2n) is 5.78. The zero-order valence-corrected chi connectivity index (χ0v) is 11.9.